The lowest BCUT2D eigenvalue weighted by atomic mass is 10.2. The summed E-state index contributed by atoms with van der Waals surface area (Å²) in [6.07, 6.45) is 1.50. The molecule has 0 unspecified atom stereocenters. The molecule has 0 fully saturated rings. The SMILES string of the molecule is O=C(NCc1ccno1)c1ccc(F)cc1I. The number of hydrogen-bond acceptors (Lipinski definition) is 3. The number of carbonyl (C=O) groups excluding carboxylic acids is 1. The first-order chi connectivity index (χ1) is 8.16. The number of hydrogen-bond donors (Lipinski definition) is 1. The van der Waals surface area contributed by atoms with E-state index in [4.69, 9.17) is 4.52 Å². The molecule has 2 rings (SSSR count). The Balaban J connectivity index is 2.04. The molecule has 0 aliphatic rings. The first kappa shape index (κ1) is 12.0. The molecule has 88 valence electrons. The van der Waals surface area contributed by atoms with Gasteiger partial charge >= 0.3 is 0 Å². The number of benzene rings is 1. The second-order valence-corrected chi connectivity index (χ2v) is 4.45. The first-order valence-corrected chi connectivity index (χ1v) is 5.87. The maximum absolute atomic E-state index is 12.9. The lowest BCUT2D eigenvalue weighted by Crippen LogP contribution is -2.23. The fraction of sp³-hybridized carbons (Fsp3) is 0.0909. The average molecular weight is 346 g/mol. The van der Waals surface area contributed by atoms with Crippen LogP contribution in [0, 0.1) is 9.39 Å². The summed E-state index contributed by atoms with van der Waals surface area (Å²) in [5, 5.41) is 6.19. The Morgan fingerprint density at radius 1 is 1.47 bits per heavy atom. The summed E-state index contributed by atoms with van der Waals surface area (Å²) in [5.74, 6) is -0.0672. The highest BCUT2D eigenvalue weighted by Crippen LogP contribution is 2.13. The largest absolute Gasteiger partial charge is 0.360 e. The Morgan fingerprint density at radius 2 is 2.29 bits per heavy atom. The van der Waals surface area contributed by atoms with Crippen LogP contribution in [0.4, 0.5) is 4.39 Å². The van der Waals surface area contributed by atoms with E-state index in [2.05, 4.69) is 10.5 Å². The van der Waals surface area contributed by atoms with E-state index in [9.17, 15) is 9.18 Å². The third kappa shape index (κ3) is 3.02. The van der Waals surface area contributed by atoms with Gasteiger partial charge in [0.1, 0.15) is 5.82 Å². The maximum atomic E-state index is 12.9. The summed E-state index contributed by atoms with van der Waals surface area (Å²) in [6, 6.07) is 5.68. The molecule has 1 amide bonds. The summed E-state index contributed by atoms with van der Waals surface area (Å²) in [6.45, 7) is 0.256. The van der Waals surface area contributed by atoms with E-state index < -0.39 is 0 Å². The summed E-state index contributed by atoms with van der Waals surface area (Å²) in [7, 11) is 0. The standard InChI is InChI=1S/C11H8FIN2O2/c12-7-1-2-9(10(13)5-7)11(16)14-6-8-3-4-15-17-8/h1-5H,6H2,(H,14,16). The van der Waals surface area contributed by atoms with Crippen LogP contribution in [0.5, 0.6) is 0 Å². The van der Waals surface area contributed by atoms with Gasteiger partial charge in [-0.3, -0.25) is 4.79 Å². The van der Waals surface area contributed by atoms with Crippen molar-refractivity contribution in [2.45, 2.75) is 6.54 Å². The Bertz CT molecular complexity index is 528. The molecule has 0 saturated heterocycles. The Kier molecular flexibility index (Phi) is 3.72. The molecular formula is C11H8FIN2O2. The van der Waals surface area contributed by atoms with E-state index in [-0.39, 0.29) is 18.3 Å². The normalized spacial score (nSPS) is 10.2. The zero-order valence-corrected chi connectivity index (χ0v) is 10.8. The van der Waals surface area contributed by atoms with E-state index in [1.165, 1.54) is 24.4 Å². The maximum Gasteiger partial charge on any atom is 0.252 e. The second kappa shape index (κ2) is 5.26. The number of halogens is 2. The number of amides is 1. The number of carbonyl (C=O) groups is 1. The molecule has 17 heavy (non-hydrogen) atoms. The van der Waals surface area contributed by atoms with E-state index in [0.29, 0.717) is 14.9 Å². The summed E-state index contributed by atoms with van der Waals surface area (Å²) in [5.41, 5.74) is 0.437. The van der Waals surface area contributed by atoms with Gasteiger partial charge in [-0.2, -0.15) is 0 Å². The van der Waals surface area contributed by atoms with Crippen molar-refractivity contribution in [3.63, 3.8) is 0 Å². The van der Waals surface area contributed by atoms with Gasteiger partial charge < -0.3 is 9.84 Å². The van der Waals surface area contributed by atoms with Gasteiger partial charge in [0, 0.05) is 9.64 Å². The molecule has 2 aromatic rings. The van der Waals surface area contributed by atoms with Crippen LogP contribution in [0.2, 0.25) is 0 Å². The molecule has 1 N–H and O–H groups in total. The Morgan fingerprint density at radius 3 is 2.94 bits per heavy atom. The summed E-state index contributed by atoms with van der Waals surface area (Å²) >= 11 is 1.92. The van der Waals surface area contributed by atoms with Crippen LogP contribution >= 0.6 is 22.6 Å². The molecule has 0 spiro atoms. The summed E-state index contributed by atoms with van der Waals surface area (Å²) < 4.78 is 18.3. The zero-order chi connectivity index (χ0) is 12.3. The highest BCUT2D eigenvalue weighted by atomic mass is 127. The van der Waals surface area contributed by atoms with Crippen molar-refractivity contribution in [1.82, 2.24) is 10.5 Å². The molecule has 0 bridgehead atoms. The van der Waals surface area contributed by atoms with Crippen LogP contribution in [0.1, 0.15) is 16.1 Å². The van der Waals surface area contributed by atoms with Crippen LogP contribution in [0.15, 0.2) is 35.0 Å². The molecule has 1 aromatic carbocycles. The van der Waals surface area contributed by atoms with Crippen molar-refractivity contribution in [1.29, 1.82) is 0 Å². The van der Waals surface area contributed by atoms with Gasteiger partial charge in [0.2, 0.25) is 0 Å². The molecule has 1 aromatic heterocycles. The van der Waals surface area contributed by atoms with Crippen LogP contribution in [-0.2, 0) is 6.54 Å². The molecule has 1 heterocycles. The zero-order valence-electron chi connectivity index (χ0n) is 8.61. The minimum absolute atomic E-state index is 0.256. The third-order valence-electron chi connectivity index (χ3n) is 2.09. The third-order valence-corrected chi connectivity index (χ3v) is 2.98. The molecule has 4 nitrogen and oxygen atoms in total. The van der Waals surface area contributed by atoms with Crippen molar-refractivity contribution in [3.8, 4) is 0 Å². The number of nitrogens with zero attached hydrogens (tertiary/aromatic N) is 1. The van der Waals surface area contributed by atoms with Gasteiger partial charge in [-0.15, -0.1) is 0 Å². The van der Waals surface area contributed by atoms with Gasteiger partial charge in [-0.1, -0.05) is 5.16 Å². The lowest BCUT2D eigenvalue weighted by Gasteiger charge is -2.05. The van der Waals surface area contributed by atoms with Gasteiger partial charge in [-0.25, -0.2) is 4.39 Å². The second-order valence-electron chi connectivity index (χ2n) is 3.29. The van der Waals surface area contributed by atoms with Crippen molar-refractivity contribution in [2.24, 2.45) is 0 Å². The van der Waals surface area contributed by atoms with Gasteiger partial charge in [0.25, 0.3) is 5.91 Å². The minimum atomic E-state index is -0.360. The van der Waals surface area contributed by atoms with Crippen LogP contribution < -0.4 is 5.32 Å². The van der Waals surface area contributed by atoms with Crippen molar-refractivity contribution in [3.05, 3.63) is 51.2 Å². The van der Waals surface area contributed by atoms with Crippen LogP contribution in [0.3, 0.4) is 0 Å². The quantitative estimate of drug-likeness (QED) is 0.869. The fourth-order valence-corrected chi connectivity index (χ4v) is 1.99. The molecule has 0 saturated carbocycles. The fourth-order valence-electron chi connectivity index (χ4n) is 1.27. The molecular weight excluding hydrogens is 338 g/mol. The molecule has 0 radical (unpaired) electrons. The number of nitrogens with one attached hydrogen (secondary N) is 1. The van der Waals surface area contributed by atoms with Gasteiger partial charge in [-0.05, 0) is 40.8 Å². The topological polar surface area (TPSA) is 55.1 Å². The van der Waals surface area contributed by atoms with Gasteiger partial charge in [0.15, 0.2) is 5.76 Å². The molecule has 0 atom stereocenters. The predicted octanol–water partition coefficient (Wildman–Crippen LogP) is 2.35. The van der Waals surface area contributed by atoms with Crippen LogP contribution in [-0.4, -0.2) is 11.1 Å². The van der Waals surface area contributed by atoms with Crippen molar-refractivity contribution < 1.29 is 13.7 Å². The van der Waals surface area contributed by atoms with E-state index >= 15 is 0 Å². The lowest BCUT2D eigenvalue weighted by molar-refractivity contribution is 0.0946. The highest BCUT2D eigenvalue weighted by Gasteiger charge is 2.10. The average Bonchev–Trinajstić information content (AvgIpc) is 2.78. The predicted molar refractivity (Wildman–Crippen MR) is 66.8 cm³/mol. The smallest absolute Gasteiger partial charge is 0.252 e. The summed E-state index contributed by atoms with van der Waals surface area (Å²) in [4.78, 5) is 11.8. The Labute approximate surface area is 110 Å². The molecule has 0 aliphatic heterocycles. The van der Waals surface area contributed by atoms with Crippen LogP contribution in [0.25, 0.3) is 0 Å². The van der Waals surface area contributed by atoms with Crippen molar-refractivity contribution in [2.75, 3.05) is 0 Å². The first-order valence-electron chi connectivity index (χ1n) is 4.79. The van der Waals surface area contributed by atoms with E-state index in [1.807, 2.05) is 22.6 Å². The van der Waals surface area contributed by atoms with Gasteiger partial charge in [0.05, 0.1) is 18.3 Å². The number of aromatic nitrogens is 1. The molecule has 6 heteroatoms. The number of rotatable bonds is 3. The Hall–Kier alpha value is -1.44. The van der Waals surface area contributed by atoms with E-state index in [0.717, 1.165) is 0 Å². The van der Waals surface area contributed by atoms with E-state index in [1.54, 1.807) is 6.07 Å². The molecule has 0 aliphatic carbocycles. The monoisotopic (exact) mass is 346 g/mol. The highest BCUT2D eigenvalue weighted by molar-refractivity contribution is 14.1. The van der Waals surface area contributed by atoms with Crippen molar-refractivity contribution >= 4 is 28.5 Å². The minimum Gasteiger partial charge on any atom is -0.360 e.